The van der Waals surface area contributed by atoms with Crippen molar-refractivity contribution in [3.05, 3.63) is 45.8 Å². The van der Waals surface area contributed by atoms with Crippen molar-refractivity contribution in [1.82, 2.24) is 5.43 Å². The number of furan rings is 1. The Morgan fingerprint density at radius 1 is 1.43 bits per heavy atom. The molecule has 23 heavy (non-hydrogen) atoms. The molecular formula is C16H17BrN2O4. The minimum absolute atomic E-state index is 0.369. The third kappa shape index (κ3) is 4.35. The van der Waals surface area contributed by atoms with Gasteiger partial charge in [0.15, 0.2) is 11.5 Å². The fourth-order valence-electron chi connectivity index (χ4n) is 1.88. The monoisotopic (exact) mass is 380 g/mol. The summed E-state index contributed by atoms with van der Waals surface area (Å²) in [5, 5.41) is 3.87. The number of amides is 1. The largest absolute Gasteiger partial charge is 0.493 e. The lowest BCUT2D eigenvalue weighted by molar-refractivity contribution is 0.0954. The maximum atomic E-state index is 12.2. The summed E-state index contributed by atoms with van der Waals surface area (Å²) in [6.07, 6.45) is 1.44. The summed E-state index contributed by atoms with van der Waals surface area (Å²) in [6.45, 7) is 4.20. The zero-order valence-corrected chi connectivity index (χ0v) is 14.6. The molecule has 0 fully saturated rings. The van der Waals surface area contributed by atoms with Crippen LogP contribution in [0.25, 0.3) is 0 Å². The highest BCUT2D eigenvalue weighted by Gasteiger charge is 2.15. The molecule has 0 atom stereocenters. The third-order valence-corrected chi connectivity index (χ3v) is 3.49. The Balaban J connectivity index is 2.12. The molecule has 0 aliphatic carbocycles. The van der Waals surface area contributed by atoms with Crippen molar-refractivity contribution in [3.8, 4) is 11.5 Å². The summed E-state index contributed by atoms with van der Waals surface area (Å²) in [6, 6.07) is 6.83. The van der Waals surface area contributed by atoms with Crippen LogP contribution in [0.15, 0.2) is 38.3 Å². The van der Waals surface area contributed by atoms with Gasteiger partial charge in [-0.2, -0.15) is 5.10 Å². The molecular weight excluding hydrogens is 364 g/mol. The zero-order valence-electron chi connectivity index (χ0n) is 13.1. The number of ether oxygens (including phenoxy) is 2. The van der Waals surface area contributed by atoms with E-state index in [4.69, 9.17) is 13.9 Å². The van der Waals surface area contributed by atoms with E-state index in [9.17, 15) is 4.79 Å². The van der Waals surface area contributed by atoms with E-state index in [-0.39, 0.29) is 5.91 Å². The van der Waals surface area contributed by atoms with Crippen LogP contribution in [0.5, 0.6) is 11.5 Å². The average molecular weight is 381 g/mol. The predicted molar refractivity (Wildman–Crippen MR) is 90.4 cm³/mol. The van der Waals surface area contributed by atoms with Crippen molar-refractivity contribution < 1.29 is 18.7 Å². The van der Waals surface area contributed by atoms with Crippen molar-refractivity contribution in [3.63, 3.8) is 0 Å². The van der Waals surface area contributed by atoms with Crippen molar-refractivity contribution >= 4 is 28.1 Å². The third-order valence-electron chi connectivity index (χ3n) is 2.90. The molecule has 1 amide bonds. The molecule has 0 radical (unpaired) electrons. The standard InChI is InChI=1S/C16H17BrN2O4/c1-4-22-15-13(17)7-11(8-14(15)21-3)16(20)19-18-9-12-6-5-10(2)23-12/h5-9H,4H2,1-3H3,(H,19,20)/b18-9-. The smallest absolute Gasteiger partial charge is 0.271 e. The van der Waals surface area contributed by atoms with Crippen LogP contribution in [-0.2, 0) is 0 Å². The number of benzene rings is 1. The van der Waals surface area contributed by atoms with Crippen molar-refractivity contribution in [2.24, 2.45) is 5.10 Å². The first-order valence-corrected chi connectivity index (χ1v) is 7.74. The van der Waals surface area contributed by atoms with Crippen LogP contribution in [0.2, 0.25) is 0 Å². The molecule has 0 aliphatic rings. The van der Waals surface area contributed by atoms with Gasteiger partial charge in [0, 0.05) is 5.56 Å². The fourth-order valence-corrected chi connectivity index (χ4v) is 2.43. The highest BCUT2D eigenvalue weighted by atomic mass is 79.9. The van der Waals surface area contributed by atoms with Crippen LogP contribution < -0.4 is 14.9 Å². The molecule has 0 saturated heterocycles. The Morgan fingerprint density at radius 3 is 2.83 bits per heavy atom. The second-order valence-corrected chi connectivity index (χ2v) is 5.42. The number of hydrogen-bond donors (Lipinski definition) is 1. The lowest BCUT2D eigenvalue weighted by Gasteiger charge is -2.12. The van der Waals surface area contributed by atoms with Crippen LogP contribution >= 0.6 is 15.9 Å². The minimum Gasteiger partial charge on any atom is -0.493 e. The number of hydrogen-bond acceptors (Lipinski definition) is 5. The van der Waals surface area contributed by atoms with Gasteiger partial charge in [0.1, 0.15) is 11.5 Å². The van der Waals surface area contributed by atoms with Gasteiger partial charge in [-0.25, -0.2) is 5.43 Å². The van der Waals surface area contributed by atoms with Gasteiger partial charge < -0.3 is 13.9 Å². The molecule has 122 valence electrons. The van der Waals surface area contributed by atoms with Gasteiger partial charge in [-0.15, -0.1) is 0 Å². The second kappa shape index (κ2) is 7.82. The molecule has 0 unspecified atom stereocenters. The van der Waals surface area contributed by atoms with Gasteiger partial charge in [0.25, 0.3) is 5.91 Å². The summed E-state index contributed by atoms with van der Waals surface area (Å²) in [5.41, 5.74) is 2.83. The highest BCUT2D eigenvalue weighted by molar-refractivity contribution is 9.10. The topological polar surface area (TPSA) is 73.1 Å². The normalized spacial score (nSPS) is 10.8. The van der Waals surface area contributed by atoms with Gasteiger partial charge in [-0.3, -0.25) is 4.79 Å². The summed E-state index contributed by atoms with van der Waals surface area (Å²) in [4.78, 5) is 12.2. The first-order valence-electron chi connectivity index (χ1n) is 6.95. The second-order valence-electron chi connectivity index (χ2n) is 4.57. The molecule has 7 heteroatoms. The Hall–Kier alpha value is -2.28. The van der Waals surface area contributed by atoms with Gasteiger partial charge in [0.05, 0.1) is 24.4 Å². The van der Waals surface area contributed by atoms with Crippen molar-refractivity contribution in [1.29, 1.82) is 0 Å². The molecule has 0 aliphatic heterocycles. The van der Waals surface area contributed by atoms with Crippen molar-refractivity contribution in [2.45, 2.75) is 13.8 Å². The number of aryl methyl sites for hydroxylation is 1. The van der Waals surface area contributed by atoms with Crippen LogP contribution in [0, 0.1) is 6.92 Å². The number of rotatable bonds is 6. The van der Waals surface area contributed by atoms with E-state index in [0.717, 1.165) is 5.76 Å². The van der Waals surface area contributed by atoms with E-state index in [1.54, 1.807) is 18.2 Å². The lowest BCUT2D eigenvalue weighted by Crippen LogP contribution is -2.17. The summed E-state index contributed by atoms with van der Waals surface area (Å²) in [7, 11) is 1.52. The van der Waals surface area contributed by atoms with Crippen LogP contribution in [0.4, 0.5) is 0 Å². The average Bonchev–Trinajstić information content (AvgIpc) is 2.94. The number of carbonyl (C=O) groups excluding carboxylic acids is 1. The van der Waals surface area contributed by atoms with E-state index in [1.165, 1.54) is 13.3 Å². The molecule has 0 saturated carbocycles. The Labute approximate surface area is 142 Å². The summed E-state index contributed by atoms with van der Waals surface area (Å²) in [5.74, 6) is 2.00. The Morgan fingerprint density at radius 2 is 2.22 bits per heavy atom. The molecule has 2 aromatic rings. The van der Waals surface area contributed by atoms with E-state index < -0.39 is 0 Å². The van der Waals surface area contributed by atoms with Gasteiger partial charge in [-0.1, -0.05) is 0 Å². The lowest BCUT2D eigenvalue weighted by atomic mass is 10.2. The Bertz CT molecular complexity index is 725. The number of hydrazone groups is 1. The quantitative estimate of drug-likeness (QED) is 0.614. The first-order chi connectivity index (χ1) is 11.0. The van der Waals surface area contributed by atoms with Gasteiger partial charge in [-0.05, 0) is 54.0 Å². The first kappa shape index (κ1) is 17.1. The van der Waals surface area contributed by atoms with E-state index in [0.29, 0.717) is 33.9 Å². The fraction of sp³-hybridized carbons (Fsp3) is 0.250. The van der Waals surface area contributed by atoms with E-state index >= 15 is 0 Å². The summed E-state index contributed by atoms with van der Waals surface area (Å²) >= 11 is 3.38. The molecule has 0 spiro atoms. The summed E-state index contributed by atoms with van der Waals surface area (Å²) < 4.78 is 16.7. The highest BCUT2D eigenvalue weighted by Crippen LogP contribution is 2.36. The van der Waals surface area contributed by atoms with E-state index in [1.807, 2.05) is 19.9 Å². The van der Waals surface area contributed by atoms with Gasteiger partial charge in [0.2, 0.25) is 0 Å². The molecule has 1 aromatic carbocycles. The molecule has 0 bridgehead atoms. The number of methoxy groups -OCH3 is 1. The number of halogens is 1. The minimum atomic E-state index is -0.369. The number of carbonyl (C=O) groups is 1. The van der Waals surface area contributed by atoms with Crippen LogP contribution in [-0.4, -0.2) is 25.8 Å². The molecule has 6 nitrogen and oxygen atoms in total. The van der Waals surface area contributed by atoms with Crippen LogP contribution in [0.3, 0.4) is 0 Å². The SMILES string of the molecule is CCOc1c(Br)cc(C(=O)N/N=C\c2ccc(C)o2)cc1OC. The number of nitrogens with zero attached hydrogens (tertiary/aromatic N) is 1. The molecule has 1 N–H and O–H groups in total. The predicted octanol–water partition coefficient (Wildman–Crippen LogP) is 3.52. The molecule has 1 aromatic heterocycles. The van der Waals surface area contributed by atoms with Crippen molar-refractivity contribution in [2.75, 3.05) is 13.7 Å². The molecule has 1 heterocycles. The maximum Gasteiger partial charge on any atom is 0.271 e. The zero-order chi connectivity index (χ0) is 16.8. The molecule has 2 rings (SSSR count). The maximum absolute atomic E-state index is 12.2. The number of nitrogens with one attached hydrogen (secondary N) is 1. The van der Waals surface area contributed by atoms with E-state index in [2.05, 4.69) is 26.5 Å². The Kier molecular flexibility index (Phi) is 5.81. The van der Waals surface area contributed by atoms with Gasteiger partial charge >= 0.3 is 0 Å². The van der Waals surface area contributed by atoms with Crippen LogP contribution in [0.1, 0.15) is 28.8 Å².